The van der Waals surface area contributed by atoms with Crippen molar-refractivity contribution in [1.82, 2.24) is 5.32 Å². The van der Waals surface area contributed by atoms with E-state index < -0.39 is 0 Å². The fraction of sp³-hybridized carbons (Fsp3) is 0. The van der Waals surface area contributed by atoms with Crippen LogP contribution in [0.15, 0.2) is 82.4 Å². The van der Waals surface area contributed by atoms with Gasteiger partial charge in [0.15, 0.2) is 0 Å². The van der Waals surface area contributed by atoms with Gasteiger partial charge in [-0.3, -0.25) is 14.9 Å². The molecule has 1 N–H and O–H groups in total. The van der Waals surface area contributed by atoms with Crippen molar-refractivity contribution in [1.29, 1.82) is 0 Å². The van der Waals surface area contributed by atoms with Crippen LogP contribution in [0.4, 0.5) is 0 Å². The molecular formula is C18H15NO2S3. The Morgan fingerprint density at radius 3 is 1.62 bits per heavy atom. The minimum Gasteiger partial charge on any atom is -0.288 e. The molecule has 0 radical (unpaired) electrons. The Labute approximate surface area is 153 Å². The molecule has 0 spiro atoms. The summed E-state index contributed by atoms with van der Waals surface area (Å²) in [5, 5.41) is 4.37. The SMILES string of the molecule is O=C(NC(=O)c1ccccc1)c1ccccc1.SSc1cccs1. The Kier molecular flexibility index (Phi) is 7.61. The molecule has 0 aliphatic carbocycles. The van der Waals surface area contributed by atoms with Gasteiger partial charge in [-0.2, -0.15) is 0 Å². The lowest BCUT2D eigenvalue weighted by molar-refractivity contribution is 0.0849. The number of thiophene rings is 1. The molecule has 3 aromatic rings. The highest BCUT2D eigenvalue weighted by Gasteiger charge is 2.10. The van der Waals surface area contributed by atoms with Gasteiger partial charge in [-0.25, -0.2) is 0 Å². The summed E-state index contributed by atoms with van der Waals surface area (Å²) in [5.74, 6) is -0.779. The van der Waals surface area contributed by atoms with Crippen molar-refractivity contribution in [2.24, 2.45) is 0 Å². The number of thiol groups is 1. The predicted octanol–water partition coefficient (Wildman–Crippen LogP) is 4.94. The van der Waals surface area contributed by atoms with Gasteiger partial charge in [0, 0.05) is 11.1 Å². The van der Waals surface area contributed by atoms with Gasteiger partial charge in [0.05, 0.1) is 4.21 Å². The molecule has 0 bridgehead atoms. The van der Waals surface area contributed by atoms with Crippen LogP contribution in [-0.4, -0.2) is 11.8 Å². The monoisotopic (exact) mass is 373 g/mol. The van der Waals surface area contributed by atoms with Gasteiger partial charge < -0.3 is 0 Å². The second kappa shape index (κ2) is 9.97. The summed E-state index contributed by atoms with van der Waals surface area (Å²) in [6.07, 6.45) is 0. The van der Waals surface area contributed by atoms with Gasteiger partial charge >= 0.3 is 0 Å². The molecule has 3 nitrogen and oxygen atoms in total. The largest absolute Gasteiger partial charge is 0.288 e. The lowest BCUT2D eigenvalue weighted by atomic mass is 10.2. The third kappa shape index (κ3) is 5.88. The number of rotatable bonds is 3. The van der Waals surface area contributed by atoms with Crippen LogP contribution in [-0.2, 0) is 0 Å². The average molecular weight is 374 g/mol. The first kappa shape index (κ1) is 18.3. The second-order valence-corrected chi connectivity index (χ2v) is 6.91. The van der Waals surface area contributed by atoms with Gasteiger partial charge in [0.1, 0.15) is 0 Å². The van der Waals surface area contributed by atoms with Gasteiger partial charge in [-0.05, 0) is 35.7 Å². The molecule has 0 saturated carbocycles. The van der Waals surface area contributed by atoms with Crippen LogP contribution in [0, 0.1) is 0 Å². The molecule has 1 heterocycles. The first-order valence-electron chi connectivity index (χ1n) is 7.01. The van der Waals surface area contributed by atoms with E-state index in [0.717, 1.165) is 0 Å². The van der Waals surface area contributed by atoms with E-state index in [1.165, 1.54) is 15.0 Å². The quantitative estimate of drug-likeness (QED) is 0.388. The van der Waals surface area contributed by atoms with Crippen molar-refractivity contribution in [2.45, 2.75) is 4.21 Å². The highest BCUT2D eigenvalue weighted by molar-refractivity contribution is 8.69. The Bertz CT molecular complexity index is 710. The average Bonchev–Trinajstić information content (AvgIpc) is 3.17. The summed E-state index contributed by atoms with van der Waals surface area (Å²) >= 11 is 5.71. The summed E-state index contributed by atoms with van der Waals surface area (Å²) in [6.45, 7) is 0. The lowest BCUT2D eigenvalue weighted by Gasteiger charge is -2.03. The van der Waals surface area contributed by atoms with Gasteiger partial charge in [0.2, 0.25) is 0 Å². The highest BCUT2D eigenvalue weighted by Crippen LogP contribution is 2.25. The number of nitrogens with one attached hydrogen (secondary N) is 1. The summed E-state index contributed by atoms with van der Waals surface area (Å²) in [5.41, 5.74) is 0.938. The zero-order valence-electron chi connectivity index (χ0n) is 12.6. The number of carbonyl (C=O) groups excluding carboxylic acids is 2. The third-order valence-electron chi connectivity index (χ3n) is 2.88. The molecule has 24 heavy (non-hydrogen) atoms. The highest BCUT2D eigenvalue weighted by atomic mass is 33.1. The Morgan fingerprint density at radius 1 is 0.792 bits per heavy atom. The number of benzene rings is 2. The maximum absolute atomic E-state index is 11.7. The molecule has 0 fully saturated rings. The topological polar surface area (TPSA) is 46.2 Å². The first-order valence-corrected chi connectivity index (χ1v) is 9.76. The molecule has 2 aromatic carbocycles. The van der Waals surface area contributed by atoms with Crippen molar-refractivity contribution < 1.29 is 9.59 Å². The molecule has 3 rings (SSSR count). The summed E-state index contributed by atoms with van der Waals surface area (Å²) in [6, 6.07) is 21.3. The van der Waals surface area contributed by atoms with Crippen molar-refractivity contribution in [3.05, 3.63) is 89.3 Å². The van der Waals surface area contributed by atoms with Crippen LogP contribution in [0.5, 0.6) is 0 Å². The number of hydrogen-bond acceptors (Lipinski definition) is 5. The smallest absolute Gasteiger partial charge is 0.258 e. The van der Waals surface area contributed by atoms with Crippen LogP contribution in [0.1, 0.15) is 20.7 Å². The molecular weight excluding hydrogens is 358 g/mol. The zero-order valence-corrected chi connectivity index (χ0v) is 15.1. The van der Waals surface area contributed by atoms with E-state index in [4.69, 9.17) is 0 Å². The van der Waals surface area contributed by atoms with E-state index in [0.29, 0.717) is 11.1 Å². The molecule has 2 amide bonds. The minimum absolute atomic E-state index is 0.389. The Balaban J connectivity index is 0.000000249. The van der Waals surface area contributed by atoms with E-state index in [2.05, 4.69) is 17.0 Å². The third-order valence-corrected chi connectivity index (χ3v) is 5.36. The normalized spacial score (nSPS) is 9.54. The van der Waals surface area contributed by atoms with Crippen LogP contribution in [0.3, 0.4) is 0 Å². The number of hydrogen-bond donors (Lipinski definition) is 2. The minimum atomic E-state index is -0.389. The van der Waals surface area contributed by atoms with Crippen LogP contribution >= 0.6 is 33.8 Å². The zero-order chi connectivity index (χ0) is 17.2. The van der Waals surface area contributed by atoms with Gasteiger partial charge in [-0.15, -0.1) is 23.0 Å². The molecule has 6 heteroatoms. The molecule has 122 valence electrons. The van der Waals surface area contributed by atoms with Crippen LogP contribution in [0.25, 0.3) is 0 Å². The fourth-order valence-corrected chi connectivity index (χ4v) is 3.24. The Morgan fingerprint density at radius 2 is 1.29 bits per heavy atom. The van der Waals surface area contributed by atoms with E-state index in [9.17, 15) is 9.59 Å². The standard InChI is InChI=1S/C14H11NO2.C4H4S3/c16-13(11-7-3-1-4-8-11)15-14(17)12-9-5-2-6-10-12;5-7-4-2-1-3-6-4/h1-10H,(H,15,16,17);1-3,5H. The van der Waals surface area contributed by atoms with E-state index in [1.54, 1.807) is 59.9 Å². The van der Waals surface area contributed by atoms with Crippen LogP contribution in [0.2, 0.25) is 0 Å². The summed E-state index contributed by atoms with van der Waals surface area (Å²) in [4.78, 5) is 23.4. The van der Waals surface area contributed by atoms with E-state index >= 15 is 0 Å². The van der Waals surface area contributed by atoms with Crippen molar-refractivity contribution in [2.75, 3.05) is 0 Å². The molecule has 1 aromatic heterocycles. The van der Waals surface area contributed by atoms with Crippen molar-refractivity contribution >= 4 is 45.6 Å². The first-order chi connectivity index (χ1) is 11.7. The van der Waals surface area contributed by atoms with E-state index in [-0.39, 0.29) is 11.8 Å². The molecule has 0 aliphatic rings. The maximum Gasteiger partial charge on any atom is 0.258 e. The van der Waals surface area contributed by atoms with Crippen molar-refractivity contribution in [3.63, 3.8) is 0 Å². The maximum atomic E-state index is 11.7. The van der Waals surface area contributed by atoms with Crippen LogP contribution < -0.4 is 5.32 Å². The lowest BCUT2D eigenvalue weighted by Crippen LogP contribution is -2.30. The molecule has 0 saturated heterocycles. The van der Waals surface area contributed by atoms with Gasteiger partial charge in [0.25, 0.3) is 11.8 Å². The van der Waals surface area contributed by atoms with Crippen molar-refractivity contribution in [3.8, 4) is 0 Å². The summed E-state index contributed by atoms with van der Waals surface area (Å²) < 4.78 is 1.25. The van der Waals surface area contributed by atoms with Gasteiger partial charge in [-0.1, -0.05) is 53.3 Å². The van der Waals surface area contributed by atoms with E-state index in [1.807, 2.05) is 29.6 Å². The number of carbonyl (C=O) groups is 2. The molecule has 0 unspecified atom stereocenters. The predicted molar refractivity (Wildman–Crippen MR) is 104 cm³/mol. The Hall–Kier alpha value is -2.02. The fourth-order valence-electron chi connectivity index (χ4n) is 1.74. The summed E-state index contributed by atoms with van der Waals surface area (Å²) in [7, 11) is 1.49. The molecule has 0 aliphatic heterocycles. The number of imide groups is 1. The molecule has 0 atom stereocenters. The number of amides is 2. The second-order valence-electron chi connectivity index (χ2n) is 4.54.